The van der Waals surface area contributed by atoms with Crippen molar-refractivity contribution < 1.29 is 18.7 Å². The van der Waals surface area contributed by atoms with Crippen molar-refractivity contribution in [3.8, 4) is 0 Å². The van der Waals surface area contributed by atoms with Crippen LogP contribution >= 0.6 is 0 Å². The number of hydrogen-bond donors (Lipinski definition) is 2. The molecule has 1 rings (SSSR count). The number of halogens is 2. The van der Waals surface area contributed by atoms with Crippen LogP contribution in [0.5, 0.6) is 0 Å². The number of aliphatic hydroxyl groups is 1. The topological polar surface area (TPSA) is 49.3 Å². The first-order chi connectivity index (χ1) is 9.85. The number of hydrogen-bond acceptors (Lipinski definition) is 2. The number of amides is 1. The van der Waals surface area contributed by atoms with Gasteiger partial charge in [-0.2, -0.15) is 0 Å². The number of carbonyl (C=O) groups is 1. The molecule has 1 amide bonds. The van der Waals surface area contributed by atoms with Crippen LogP contribution in [0.4, 0.5) is 8.78 Å². The highest BCUT2D eigenvalue weighted by Gasteiger charge is 2.17. The second-order valence-corrected chi connectivity index (χ2v) is 5.80. The first kappa shape index (κ1) is 17.6. The van der Waals surface area contributed by atoms with E-state index in [1.165, 1.54) is 6.92 Å². The molecule has 0 radical (unpaired) electrons. The smallest absolute Gasteiger partial charge is 0.254 e. The Labute approximate surface area is 124 Å². The quantitative estimate of drug-likeness (QED) is 0.813. The Hall–Kier alpha value is -1.49. The van der Waals surface area contributed by atoms with E-state index in [1.807, 2.05) is 0 Å². The van der Waals surface area contributed by atoms with E-state index in [9.17, 15) is 13.6 Å². The molecule has 1 aromatic rings. The lowest BCUT2D eigenvalue weighted by Gasteiger charge is -2.18. The van der Waals surface area contributed by atoms with Gasteiger partial charge in [-0.15, -0.1) is 0 Å². The maximum Gasteiger partial charge on any atom is 0.254 e. The van der Waals surface area contributed by atoms with Crippen LogP contribution in [0, 0.1) is 30.4 Å². The second kappa shape index (κ2) is 8.08. The molecule has 0 heterocycles. The zero-order valence-corrected chi connectivity index (χ0v) is 12.7. The summed E-state index contributed by atoms with van der Waals surface area (Å²) < 4.78 is 27.1. The van der Waals surface area contributed by atoms with Gasteiger partial charge in [-0.1, -0.05) is 13.8 Å². The summed E-state index contributed by atoms with van der Waals surface area (Å²) in [6.45, 7) is 5.94. The zero-order valence-electron chi connectivity index (χ0n) is 12.7. The van der Waals surface area contributed by atoms with Crippen LogP contribution in [-0.2, 0) is 0 Å². The first-order valence-electron chi connectivity index (χ1n) is 7.19. The molecule has 0 aliphatic heterocycles. The molecular weight excluding hydrogens is 276 g/mol. The van der Waals surface area contributed by atoms with Gasteiger partial charge in [0.2, 0.25) is 0 Å². The molecule has 0 spiro atoms. The fourth-order valence-corrected chi connectivity index (χ4v) is 2.31. The molecule has 5 heteroatoms. The lowest BCUT2D eigenvalue weighted by Crippen LogP contribution is -2.31. The van der Waals surface area contributed by atoms with Gasteiger partial charge in [0.25, 0.3) is 5.91 Å². The predicted molar refractivity (Wildman–Crippen MR) is 78.1 cm³/mol. The highest BCUT2D eigenvalue weighted by molar-refractivity contribution is 5.94. The van der Waals surface area contributed by atoms with E-state index in [4.69, 9.17) is 5.11 Å². The van der Waals surface area contributed by atoms with E-state index >= 15 is 0 Å². The summed E-state index contributed by atoms with van der Waals surface area (Å²) in [4.78, 5) is 11.9. The van der Waals surface area contributed by atoms with Gasteiger partial charge in [-0.3, -0.25) is 4.79 Å². The molecule has 0 bridgehead atoms. The van der Waals surface area contributed by atoms with Crippen molar-refractivity contribution in [3.05, 3.63) is 34.9 Å². The van der Waals surface area contributed by atoms with Gasteiger partial charge < -0.3 is 10.4 Å². The van der Waals surface area contributed by atoms with Gasteiger partial charge in [0.15, 0.2) is 0 Å². The minimum Gasteiger partial charge on any atom is -0.396 e. The normalized spacial score (nSPS) is 12.5. The van der Waals surface area contributed by atoms with E-state index in [2.05, 4.69) is 19.2 Å². The second-order valence-electron chi connectivity index (χ2n) is 5.80. The van der Waals surface area contributed by atoms with Gasteiger partial charge in [0.05, 0.1) is 5.56 Å². The number of nitrogens with one attached hydrogen (secondary N) is 1. The number of aliphatic hydroxyl groups excluding tert-OH is 1. The summed E-state index contributed by atoms with van der Waals surface area (Å²) in [7, 11) is 0. The minimum atomic E-state index is -0.728. The van der Waals surface area contributed by atoms with Crippen LogP contribution in [0.1, 0.15) is 42.6 Å². The number of rotatable bonds is 7. The SMILES string of the molecule is Cc1cc(F)c(C(=O)NCC(CCO)CC(C)C)cc1F. The fourth-order valence-electron chi connectivity index (χ4n) is 2.31. The summed E-state index contributed by atoms with van der Waals surface area (Å²) in [5.41, 5.74) is -0.118. The van der Waals surface area contributed by atoms with E-state index in [0.29, 0.717) is 18.9 Å². The van der Waals surface area contributed by atoms with Crippen LogP contribution in [0.15, 0.2) is 12.1 Å². The van der Waals surface area contributed by atoms with Crippen molar-refractivity contribution in [1.29, 1.82) is 0 Å². The zero-order chi connectivity index (χ0) is 16.0. The Kier molecular flexibility index (Phi) is 6.75. The Morgan fingerprint density at radius 1 is 1.29 bits per heavy atom. The molecule has 1 atom stereocenters. The Morgan fingerprint density at radius 2 is 1.95 bits per heavy atom. The van der Waals surface area contributed by atoms with E-state index in [-0.39, 0.29) is 23.7 Å². The van der Waals surface area contributed by atoms with E-state index < -0.39 is 17.5 Å². The molecule has 0 saturated carbocycles. The van der Waals surface area contributed by atoms with Crippen molar-refractivity contribution in [3.63, 3.8) is 0 Å². The molecular formula is C16H23F2NO2. The molecule has 118 valence electrons. The average molecular weight is 299 g/mol. The van der Waals surface area contributed by atoms with Gasteiger partial charge in [0, 0.05) is 13.2 Å². The molecule has 21 heavy (non-hydrogen) atoms. The fraction of sp³-hybridized carbons (Fsp3) is 0.562. The highest BCUT2D eigenvalue weighted by atomic mass is 19.1. The number of benzene rings is 1. The highest BCUT2D eigenvalue weighted by Crippen LogP contribution is 2.16. The van der Waals surface area contributed by atoms with Crippen molar-refractivity contribution in [1.82, 2.24) is 5.32 Å². The maximum absolute atomic E-state index is 13.7. The largest absolute Gasteiger partial charge is 0.396 e. The van der Waals surface area contributed by atoms with Crippen LogP contribution in [0.2, 0.25) is 0 Å². The molecule has 0 saturated heterocycles. The van der Waals surface area contributed by atoms with Crippen LogP contribution in [-0.4, -0.2) is 24.2 Å². The molecule has 1 aromatic carbocycles. The van der Waals surface area contributed by atoms with Crippen molar-refractivity contribution in [2.45, 2.75) is 33.6 Å². The maximum atomic E-state index is 13.7. The van der Waals surface area contributed by atoms with E-state index in [0.717, 1.165) is 18.6 Å². The third-order valence-electron chi connectivity index (χ3n) is 3.39. The Bertz CT molecular complexity index is 489. The molecule has 0 aliphatic carbocycles. The summed E-state index contributed by atoms with van der Waals surface area (Å²) >= 11 is 0. The molecule has 0 aromatic heterocycles. The Balaban J connectivity index is 2.70. The van der Waals surface area contributed by atoms with Gasteiger partial charge in [0.1, 0.15) is 11.6 Å². The third-order valence-corrected chi connectivity index (χ3v) is 3.39. The molecule has 2 N–H and O–H groups in total. The summed E-state index contributed by atoms with van der Waals surface area (Å²) in [5, 5.41) is 11.6. The monoisotopic (exact) mass is 299 g/mol. The molecule has 0 fully saturated rings. The molecule has 3 nitrogen and oxygen atoms in total. The van der Waals surface area contributed by atoms with Crippen molar-refractivity contribution >= 4 is 5.91 Å². The molecule has 0 aliphatic rings. The number of carbonyl (C=O) groups excluding carboxylic acids is 1. The Morgan fingerprint density at radius 3 is 2.52 bits per heavy atom. The summed E-state index contributed by atoms with van der Waals surface area (Å²) in [6, 6.07) is 1.94. The lowest BCUT2D eigenvalue weighted by molar-refractivity contribution is 0.0936. The molecule has 1 unspecified atom stereocenters. The third kappa shape index (κ3) is 5.42. The van der Waals surface area contributed by atoms with Crippen molar-refractivity contribution in [2.24, 2.45) is 11.8 Å². The van der Waals surface area contributed by atoms with Crippen LogP contribution in [0.3, 0.4) is 0 Å². The van der Waals surface area contributed by atoms with Crippen LogP contribution < -0.4 is 5.32 Å². The van der Waals surface area contributed by atoms with Crippen LogP contribution in [0.25, 0.3) is 0 Å². The summed E-state index contributed by atoms with van der Waals surface area (Å²) in [5.74, 6) is -1.40. The first-order valence-corrected chi connectivity index (χ1v) is 7.19. The standard InChI is InChI=1S/C16H23F2NO2/c1-10(2)6-12(4-5-20)9-19-16(21)13-8-14(17)11(3)7-15(13)18/h7-8,10,12,20H,4-6,9H2,1-3H3,(H,19,21). The summed E-state index contributed by atoms with van der Waals surface area (Å²) in [6.07, 6.45) is 1.43. The average Bonchev–Trinajstić information content (AvgIpc) is 2.39. The van der Waals surface area contributed by atoms with E-state index in [1.54, 1.807) is 0 Å². The van der Waals surface area contributed by atoms with Gasteiger partial charge in [-0.05, 0) is 49.3 Å². The lowest BCUT2D eigenvalue weighted by atomic mass is 9.94. The predicted octanol–water partition coefficient (Wildman–Crippen LogP) is 3.05. The van der Waals surface area contributed by atoms with Gasteiger partial charge >= 0.3 is 0 Å². The minimum absolute atomic E-state index is 0.0424. The van der Waals surface area contributed by atoms with Crippen molar-refractivity contribution in [2.75, 3.05) is 13.2 Å². The number of aryl methyl sites for hydroxylation is 1. The van der Waals surface area contributed by atoms with Gasteiger partial charge in [-0.25, -0.2) is 8.78 Å².